The molecule has 1 heterocycles. The second kappa shape index (κ2) is 6.23. The van der Waals surface area contributed by atoms with Gasteiger partial charge in [-0.25, -0.2) is 4.98 Å². The van der Waals surface area contributed by atoms with E-state index < -0.39 is 0 Å². The molecule has 0 aliphatic carbocycles. The summed E-state index contributed by atoms with van der Waals surface area (Å²) in [6.07, 6.45) is 2.54. The third-order valence-corrected chi connectivity index (χ3v) is 3.95. The van der Waals surface area contributed by atoms with Crippen molar-refractivity contribution in [2.75, 3.05) is 6.54 Å². The van der Waals surface area contributed by atoms with Gasteiger partial charge in [0.25, 0.3) is 0 Å². The highest BCUT2D eigenvalue weighted by Gasteiger charge is 2.06. The van der Waals surface area contributed by atoms with Gasteiger partial charge in [-0.3, -0.25) is 0 Å². The summed E-state index contributed by atoms with van der Waals surface area (Å²) in [7, 11) is 0. The summed E-state index contributed by atoms with van der Waals surface area (Å²) in [5.74, 6) is 0.819. The van der Waals surface area contributed by atoms with Gasteiger partial charge in [-0.15, -0.1) is 11.3 Å². The predicted molar refractivity (Wildman–Crippen MR) is 67.4 cm³/mol. The fraction of sp³-hybridized carbons (Fsp3) is 0.750. The summed E-state index contributed by atoms with van der Waals surface area (Å²) in [6.45, 7) is 10.8. The van der Waals surface area contributed by atoms with Crippen LogP contribution in [0.1, 0.15) is 42.3 Å². The van der Waals surface area contributed by atoms with Crippen LogP contribution in [-0.4, -0.2) is 11.5 Å². The molecule has 1 rings (SSSR count). The van der Waals surface area contributed by atoms with Crippen LogP contribution in [0, 0.1) is 19.8 Å². The van der Waals surface area contributed by atoms with Crippen molar-refractivity contribution in [3.8, 4) is 0 Å². The van der Waals surface area contributed by atoms with Crippen molar-refractivity contribution in [1.29, 1.82) is 0 Å². The Hall–Kier alpha value is -0.410. The van der Waals surface area contributed by atoms with E-state index in [-0.39, 0.29) is 0 Å². The second-order valence-electron chi connectivity index (χ2n) is 4.05. The largest absolute Gasteiger partial charge is 0.312 e. The van der Waals surface area contributed by atoms with Crippen molar-refractivity contribution in [3.63, 3.8) is 0 Å². The highest BCUT2D eigenvalue weighted by molar-refractivity contribution is 7.11. The molecule has 0 saturated carbocycles. The lowest BCUT2D eigenvalue weighted by atomic mass is 10.0. The van der Waals surface area contributed by atoms with Crippen LogP contribution in [0.4, 0.5) is 0 Å². The lowest BCUT2D eigenvalue weighted by Crippen LogP contribution is -2.21. The minimum atomic E-state index is 0.819. The summed E-state index contributed by atoms with van der Waals surface area (Å²) in [4.78, 5) is 5.82. The van der Waals surface area contributed by atoms with Crippen molar-refractivity contribution in [2.24, 2.45) is 5.92 Å². The van der Waals surface area contributed by atoms with Crippen LogP contribution in [0.2, 0.25) is 0 Å². The van der Waals surface area contributed by atoms with Gasteiger partial charge in [0.15, 0.2) is 0 Å². The molecule has 1 N–H and O–H groups in total. The number of hydrogen-bond donors (Lipinski definition) is 1. The molecule has 0 amide bonds. The molecule has 0 atom stereocenters. The molecular weight excluding hydrogens is 204 g/mol. The maximum Gasteiger partial charge on any atom is 0.0900 e. The topological polar surface area (TPSA) is 24.9 Å². The average molecular weight is 226 g/mol. The minimum Gasteiger partial charge on any atom is -0.312 e. The van der Waals surface area contributed by atoms with E-state index in [4.69, 9.17) is 0 Å². The summed E-state index contributed by atoms with van der Waals surface area (Å²) < 4.78 is 0. The summed E-state index contributed by atoms with van der Waals surface area (Å²) in [5.41, 5.74) is 1.19. The smallest absolute Gasteiger partial charge is 0.0900 e. The first-order valence-electron chi connectivity index (χ1n) is 5.81. The van der Waals surface area contributed by atoms with Gasteiger partial charge in [-0.2, -0.15) is 0 Å². The molecule has 0 aliphatic rings. The van der Waals surface area contributed by atoms with Gasteiger partial charge in [-0.1, -0.05) is 26.7 Å². The molecule has 15 heavy (non-hydrogen) atoms. The number of nitrogens with zero attached hydrogens (tertiary/aromatic N) is 1. The zero-order chi connectivity index (χ0) is 11.3. The quantitative estimate of drug-likeness (QED) is 0.805. The van der Waals surface area contributed by atoms with Gasteiger partial charge in [0.1, 0.15) is 0 Å². The van der Waals surface area contributed by atoms with E-state index in [0.717, 1.165) is 19.0 Å². The molecule has 0 spiro atoms. The molecule has 0 unspecified atom stereocenters. The molecule has 86 valence electrons. The van der Waals surface area contributed by atoms with Crippen molar-refractivity contribution in [3.05, 3.63) is 15.6 Å². The number of nitrogens with one attached hydrogen (secondary N) is 1. The van der Waals surface area contributed by atoms with Gasteiger partial charge < -0.3 is 5.32 Å². The number of aryl methyl sites for hydroxylation is 2. The van der Waals surface area contributed by atoms with Crippen LogP contribution in [0.3, 0.4) is 0 Å². The average Bonchev–Trinajstić information content (AvgIpc) is 2.52. The van der Waals surface area contributed by atoms with Crippen molar-refractivity contribution < 1.29 is 0 Å². The standard InChI is InChI=1S/C12H22N2S/c1-5-11(6-2)7-13-8-12-9(3)14-10(4)15-12/h11,13H,5-8H2,1-4H3. The van der Waals surface area contributed by atoms with E-state index in [0.29, 0.717) is 0 Å². The Morgan fingerprint density at radius 1 is 1.27 bits per heavy atom. The molecule has 0 radical (unpaired) electrons. The Kier molecular flexibility index (Phi) is 5.26. The van der Waals surface area contributed by atoms with Gasteiger partial charge in [0, 0.05) is 11.4 Å². The third kappa shape index (κ3) is 3.92. The number of rotatable bonds is 6. The molecule has 0 aliphatic heterocycles. The Morgan fingerprint density at radius 3 is 2.40 bits per heavy atom. The van der Waals surface area contributed by atoms with E-state index in [1.165, 1.54) is 28.4 Å². The molecule has 3 heteroatoms. The Balaban J connectivity index is 2.34. The van der Waals surface area contributed by atoms with E-state index in [1.807, 2.05) is 11.3 Å². The second-order valence-corrected chi connectivity index (χ2v) is 5.34. The molecule has 1 aromatic rings. The molecule has 1 aromatic heterocycles. The van der Waals surface area contributed by atoms with Gasteiger partial charge >= 0.3 is 0 Å². The van der Waals surface area contributed by atoms with Crippen LogP contribution >= 0.6 is 11.3 Å². The highest BCUT2D eigenvalue weighted by Crippen LogP contribution is 2.16. The molecule has 0 saturated heterocycles. The first kappa shape index (κ1) is 12.7. The SMILES string of the molecule is CCC(CC)CNCc1sc(C)nc1C. The molecule has 0 bridgehead atoms. The van der Waals surface area contributed by atoms with Crippen LogP contribution in [0.25, 0.3) is 0 Å². The van der Waals surface area contributed by atoms with Crippen LogP contribution in [-0.2, 0) is 6.54 Å². The van der Waals surface area contributed by atoms with Crippen molar-refractivity contribution >= 4 is 11.3 Å². The van der Waals surface area contributed by atoms with E-state index in [1.54, 1.807) is 0 Å². The Morgan fingerprint density at radius 2 is 1.93 bits per heavy atom. The fourth-order valence-corrected chi connectivity index (χ4v) is 2.61. The van der Waals surface area contributed by atoms with E-state index in [2.05, 4.69) is 38.0 Å². The lowest BCUT2D eigenvalue weighted by Gasteiger charge is -2.12. The summed E-state index contributed by atoms with van der Waals surface area (Å²) in [5, 5.41) is 4.70. The fourth-order valence-electron chi connectivity index (χ4n) is 1.70. The molecule has 2 nitrogen and oxygen atoms in total. The number of hydrogen-bond acceptors (Lipinski definition) is 3. The highest BCUT2D eigenvalue weighted by atomic mass is 32.1. The Bertz CT molecular complexity index is 290. The number of aromatic nitrogens is 1. The third-order valence-electron chi connectivity index (χ3n) is 2.87. The van der Waals surface area contributed by atoms with Crippen LogP contribution in [0.5, 0.6) is 0 Å². The van der Waals surface area contributed by atoms with E-state index >= 15 is 0 Å². The minimum absolute atomic E-state index is 0.819. The molecule has 0 fully saturated rings. The van der Waals surface area contributed by atoms with E-state index in [9.17, 15) is 0 Å². The molecular formula is C12H22N2S. The zero-order valence-corrected chi connectivity index (χ0v) is 11.1. The zero-order valence-electron chi connectivity index (χ0n) is 10.3. The molecule has 0 aromatic carbocycles. The van der Waals surface area contributed by atoms with Gasteiger partial charge in [0.2, 0.25) is 0 Å². The van der Waals surface area contributed by atoms with Crippen LogP contribution in [0.15, 0.2) is 0 Å². The van der Waals surface area contributed by atoms with Crippen molar-refractivity contribution in [2.45, 2.75) is 47.1 Å². The number of thiazole rings is 1. The monoisotopic (exact) mass is 226 g/mol. The van der Waals surface area contributed by atoms with Gasteiger partial charge in [-0.05, 0) is 26.3 Å². The van der Waals surface area contributed by atoms with Crippen molar-refractivity contribution in [1.82, 2.24) is 10.3 Å². The lowest BCUT2D eigenvalue weighted by molar-refractivity contribution is 0.450. The van der Waals surface area contributed by atoms with Crippen LogP contribution < -0.4 is 5.32 Å². The maximum absolute atomic E-state index is 4.43. The normalized spacial score (nSPS) is 11.3. The van der Waals surface area contributed by atoms with Gasteiger partial charge in [0.05, 0.1) is 10.7 Å². The first-order chi connectivity index (χ1) is 7.17. The first-order valence-corrected chi connectivity index (χ1v) is 6.62. The predicted octanol–water partition coefficient (Wildman–Crippen LogP) is 3.29. The summed E-state index contributed by atoms with van der Waals surface area (Å²) in [6, 6.07) is 0. The maximum atomic E-state index is 4.43. The Labute approximate surface area is 97.1 Å². The summed E-state index contributed by atoms with van der Waals surface area (Å²) >= 11 is 1.81.